The molecule has 0 aliphatic carbocycles. The number of thiocarbonyl (C=S) groups is 1. The van der Waals surface area contributed by atoms with Gasteiger partial charge in [-0.3, -0.25) is 0 Å². The van der Waals surface area contributed by atoms with Gasteiger partial charge in [0.25, 0.3) is 0 Å². The van der Waals surface area contributed by atoms with Gasteiger partial charge >= 0.3 is 0 Å². The van der Waals surface area contributed by atoms with Gasteiger partial charge in [0.1, 0.15) is 5.75 Å². The number of benzene rings is 1. The molecule has 0 amide bonds. The molecule has 4 nitrogen and oxygen atoms in total. The quantitative estimate of drug-likeness (QED) is 0.554. The molecule has 6 heteroatoms. The van der Waals surface area contributed by atoms with Gasteiger partial charge in [-0.2, -0.15) is 0 Å². The lowest BCUT2D eigenvalue weighted by Gasteiger charge is -2.35. The zero-order valence-electron chi connectivity index (χ0n) is 14.6. The standard InChI is InChI=1S/C18H28ClN3OS/c1-3-15-7-4-5-11-22(15)12-6-10-20-18(24)21-14-8-9-17(23-2)16(19)13-14/h8-9,13,15H,3-7,10-12H2,1-2H3,(H2,20,21,24)/t15-/m0/s1. The average molecular weight is 370 g/mol. The summed E-state index contributed by atoms with van der Waals surface area (Å²) in [6.45, 7) is 5.55. The van der Waals surface area contributed by atoms with Crippen molar-refractivity contribution in [1.29, 1.82) is 0 Å². The summed E-state index contributed by atoms with van der Waals surface area (Å²) < 4.78 is 5.15. The molecule has 1 aliphatic rings. The Morgan fingerprint density at radius 3 is 2.96 bits per heavy atom. The Morgan fingerprint density at radius 1 is 1.42 bits per heavy atom. The van der Waals surface area contributed by atoms with Crippen molar-refractivity contribution in [3.8, 4) is 5.75 Å². The van der Waals surface area contributed by atoms with Crippen molar-refractivity contribution >= 4 is 34.6 Å². The summed E-state index contributed by atoms with van der Waals surface area (Å²) >= 11 is 11.5. The van der Waals surface area contributed by atoms with Crippen LogP contribution in [-0.4, -0.2) is 42.8 Å². The third kappa shape index (κ3) is 5.80. The summed E-state index contributed by atoms with van der Waals surface area (Å²) in [5.41, 5.74) is 0.861. The third-order valence-corrected chi connectivity index (χ3v) is 5.08. The van der Waals surface area contributed by atoms with Crippen molar-refractivity contribution in [2.45, 2.75) is 45.1 Å². The van der Waals surface area contributed by atoms with Gasteiger partial charge in [0, 0.05) is 24.8 Å². The molecule has 1 aliphatic heterocycles. The van der Waals surface area contributed by atoms with Gasteiger partial charge in [-0.25, -0.2) is 0 Å². The fourth-order valence-electron chi connectivity index (χ4n) is 3.22. The highest BCUT2D eigenvalue weighted by atomic mass is 35.5. The van der Waals surface area contributed by atoms with E-state index in [1.165, 1.54) is 32.2 Å². The molecule has 0 unspecified atom stereocenters. The molecule has 134 valence electrons. The van der Waals surface area contributed by atoms with E-state index in [9.17, 15) is 0 Å². The maximum absolute atomic E-state index is 6.12. The minimum atomic E-state index is 0.570. The molecule has 24 heavy (non-hydrogen) atoms. The average Bonchev–Trinajstić information content (AvgIpc) is 2.59. The smallest absolute Gasteiger partial charge is 0.170 e. The Kier molecular flexibility index (Phi) is 8.09. The summed E-state index contributed by atoms with van der Waals surface area (Å²) in [6.07, 6.45) is 6.42. The highest BCUT2D eigenvalue weighted by Crippen LogP contribution is 2.27. The van der Waals surface area contributed by atoms with Gasteiger partial charge in [-0.15, -0.1) is 0 Å². The topological polar surface area (TPSA) is 36.5 Å². The molecule has 2 N–H and O–H groups in total. The monoisotopic (exact) mass is 369 g/mol. The third-order valence-electron chi connectivity index (χ3n) is 4.54. The molecular weight excluding hydrogens is 342 g/mol. The highest BCUT2D eigenvalue weighted by Gasteiger charge is 2.19. The lowest BCUT2D eigenvalue weighted by atomic mass is 10.00. The van der Waals surface area contributed by atoms with E-state index in [2.05, 4.69) is 22.5 Å². The number of anilines is 1. The van der Waals surface area contributed by atoms with Crippen LogP contribution in [-0.2, 0) is 0 Å². The minimum absolute atomic E-state index is 0.570. The summed E-state index contributed by atoms with van der Waals surface area (Å²) in [5.74, 6) is 0.660. The molecule has 0 saturated carbocycles. The van der Waals surface area contributed by atoms with E-state index in [1.54, 1.807) is 7.11 Å². The van der Waals surface area contributed by atoms with Crippen LogP contribution in [0.15, 0.2) is 18.2 Å². The van der Waals surface area contributed by atoms with Gasteiger partial charge < -0.3 is 20.3 Å². The molecule has 0 bridgehead atoms. The Hall–Kier alpha value is -1.04. The Morgan fingerprint density at radius 2 is 2.25 bits per heavy atom. The number of likely N-dealkylation sites (tertiary alicyclic amines) is 1. The van der Waals surface area contributed by atoms with Crippen LogP contribution in [0.25, 0.3) is 0 Å². The van der Waals surface area contributed by atoms with Crippen LogP contribution in [0.4, 0.5) is 5.69 Å². The molecule has 1 aromatic carbocycles. The van der Waals surface area contributed by atoms with E-state index in [-0.39, 0.29) is 0 Å². The van der Waals surface area contributed by atoms with E-state index in [0.29, 0.717) is 15.9 Å². The summed E-state index contributed by atoms with van der Waals surface area (Å²) in [4.78, 5) is 2.63. The first kappa shape index (κ1) is 19.3. The second-order valence-electron chi connectivity index (χ2n) is 6.18. The Labute approximate surface area is 155 Å². The molecule has 1 aromatic rings. The van der Waals surface area contributed by atoms with Crippen LogP contribution < -0.4 is 15.4 Å². The molecule has 1 fully saturated rings. The second-order valence-corrected chi connectivity index (χ2v) is 6.99. The highest BCUT2D eigenvalue weighted by molar-refractivity contribution is 7.80. The zero-order chi connectivity index (χ0) is 17.4. The molecular formula is C18H28ClN3OS. The molecule has 1 heterocycles. The normalized spacial score (nSPS) is 18.2. The van der Waals surface area contributed by atoms with Crippen molar-refractivity contribution < 1.29 is 4.74 Å². The van der Waals surface area contributed by atoms with Crippen LogP contribution >= 0.6 is 23.8 Å². The van der Waals surface area contributed by atoms with Crippen molar-refractivity contribution in [2.75, 3.05) is 32.1 Å². The fraction of sp³-hybridized carbons (Fsp3) is 0.611. The lowest BCUT2D eigenvalue weighted by molar-refractivity contribution is 0.143. The number of hydrogen-bond donors (Lipinski definition) is 2. The zero-order valence-corrected chi connectivity index (χ0v) is 16.2. The Bertz CT molecular complexity index is 541. The predicted octanol–water partition coefficient (Wildman–Crippen LogP) is 4.29. The van der Waals surface area contributed by atoms with Gasteiger partial charge in [-0.1, -0.05) is 24.9 Å². The van der Waals surface area contributed by atoms with Gasteiger partial charge in [0.2, 0.25) is 0 Å². The van der Waals surface area contributed by atoms with E-state index in [1.807, 2.05) is 18.2 Å². The van der Waals surface area contributed by atoms with E-state index >= 15 is 0 Å². The van der Waals surface area contributed by atoms with Gasteiger partial charge in [0.15, 0.2) is 5.11 Å². The van der Waals surface area contributed by atoms with Crippen LogP contribution in [0.1, 0.15) is 39.0 Å². The lowest BCUT2D eigenvalue weighted by Crippen LogP contribution is -2.40. The van der Waals surface area contributed by atoms with Crippen LogP contribution in [0.3, 0.4) is 0 Å². The fourth-order valence-corrected chi connectivity index (χ4v) is 3.70. The SMILES string of the molecule is CC[C@H]1CCCCN1CCCNC(=S)Nc1ccc(OC)c(Cl)c1. The molecule has 1 saturated heterocycles. The first-order valence-corrected chi connectivity index (χ1v) is 9.55. The first-order valence-electron chi connectivity index (χ1n) is 8.76. The summed E-state index contributed by atoms with van der Waals surface area (Å²) in [5, 5.41) is 7.63. The molecule has 2 rings (SSSR count). The second kappa shape index (κ2) is 10.1. The predicted molar refractivity (Wildman–Crippen MR) is 106 cm³/mol. The van der Waals surface area contributed by atoms with Gasteiger partial charge in [-0.05, 0) is 62.6 Å². The number of rotatable bonds is 7. The van der Waals surface area contributed by atoms with Crippen LogP contribution in [0.5, 0.6) is 5.75 Å². The van der Waals surface area contributed by atoms with Crippen LogP contribution in [0.2, 0.25) is 5.02 Å². The number of nitrogens with zero attached hydrogens (tertiary/aromatic N) is 1. The number of piperidine rings is 1. The minimum Gasteiger partial charge on any atom is -0.495 e. The maximum Gasteiger partial charge on any atom is 0.170 e. The molecule has 0 spiro atoms. The number of hydrogen-bond acceptors (Lipinski definition) is 3. The van der Waals surface area contributed by atoms with Gasteiger partial charge in [0.05, 0.1) is 12.1 Å². The maximum atomic E-state index is 6.12. The number of halogens is 1. The van der Waals surface area contributed by atoms with Crippen LogP contribution in [0, 0.1) is 0 Å². The van der Waals surface area contributed by atoms with Crippen molar-refractivity contribution in [2.24, 2.45) is 0 Å². The van der Waals surface area contributed by atoms with Crippen molar-refractivity contribution in [1.82, 2.24) is 10.2 Å². The number of ether oxygens (including phenoxy) is 1. The van der Waals surface area contributed by atoms with Crippen molar-refractivity contribution in [3.05, 3.63) is 23.2 Å². The first-order chi connectivity index (χ1) is 11.6. The molecule has 0 aromatic heterocycles. The van der Waals surface area contributed by atoms with E-state index in [4.69, 9.17) is 28.6 Å². The number of methoxy groups -OCH3 is 1. The van der Waals surface area contributed by atoms with E-state index in [0.717, 1.165) is 31.2 Å². The summed E-state index contributed by atoms with van der Waals surface area (Å²) in [7, 11) is 1.60. The number of nitrogens with one attached hydrogen (secondary N) is 2. The molecule has 1 atom stereocenters. The summed E-state index contributed by atoms with van der Waals surface area (Å²) in [6, 6.07) is 6.31. The largest absolute Gasteiger partial charge is 0.495 e. The Balaban J connectivity index is 1.68. The van der Waals surface area contributed by atoms with E-state index < -0.39 is 0 Å². The molecule has 0 radical (unpaired) electrons. The van der Waals surface area contributed by atoms with Crippen molar-refractivity contribution in [3.63, 3.8) is 0 Å².